The van der Waals surface area contributed by atoms with Crippen LogP contribution >= 0.6 is 0 Å². The Morgan fingerprint density at radius 2 is 1.85 bits per heavy atom. The molecule has 0 radical (unpaired) electrons. The summed E-state index contributed by atoms with van der Waals surface area (Å²) in [6.45, 7) is 2.46. The van der Waals surface area contributed by atoms with Crippen molar-refractivity contribution in [2.24, 2.45) is 0 Å². The largest absolute Gasteiger partial charge is 0.507 e. The maximum absolute atomic E-state index is 12.7. The monoisotopic (exact) mass is 366 g/mol. The second-order valence-electron chi connectivity index (χ2n) is 6.71. The molecular weight excluding hydrogens is 348 g/mol. The molecule has 27 heavy (non-hydrogen) atoms. The first-order valence-corrected chi connectivity index (χ1v) is 8.79. The fourth-order valence-electron chi connectivity index (χ4n) is 3.46. The number of carbonyl (C=O) groups is 1. The Morgan fingerprint density at radius 3 is 2.52 bits per heavy atom. The number of nitro groups is 1. The van der Waals surface area contributed by atoms with Gasteiger partial charge in [0, 0.05) is 18.7 Å². The number of hydrogen-bond donors (Lipinski definition) is 1. The number of hydrogen-bond acceptors (Lipinski definition) is 6. The minimum atomic E-state index is -0.475. The van der Waals surface area contributed by atoms with Crippen molar-refractivity contribution in [2.45, 2.75) is 19.4 Å². The predicted molar refractivity (Wildman–Crippen MR) is 98.6 cm³/mol. The number of carbonyl (C=O) groups excluding carboxylic acids is 1. The summed E-state index contributed by atoms with van der Waals surface area (Å²) in [7, 11) is 0. The highest BCUT2D eigenvalue weighted by atomic mass is 16.6. The molecule has 1 N–H and O–H groups in total. The van der Waals surface area contributed by atoms with Crippen LogP contribution in [0.3, 0.4) is 0 Å². The molecule has 0 atom stereocenters. The van der Waals surface area contributed by atoms with Gasteiger partial charge in [0.25, 0.3) is 5.69 Å². The van der Waals surface area contributed by atoms with Gasteiger partial charge in [-0.05, 0) is 61.8 Å². The summed E-state index contributed by atoms with van der Waals surface area (Å²) >= 11 is 0. The summed E-state index contributed by atoms with van der Waals surface area (Å²) in [6, 6.07) is 8.98. The molecule has 2 heterocycles. The van der Waals surface area contributed by atoms with Gasteiger partial charge >= 0.3 is 0 Å². The third-order valence-electron chi connectivity index (χ3n) is 4.90. The van der Waals surface area contributed by atoms with Crippen molar-refractivity contribution in [1.29, 1.82) is 0 Å². The molecule has 2 aliphatic heterocycles. The number of likely N-dealkylation sites (tertiary alicyclic amines) is 1. The lowest BCUT2D eigenvalue weighted by Crippen LogP contribution is -2.18. The molecule has 7 nitrogen and oxygen atoms in total. The molecule has 0 saturated carbocycles. The van der Waals surface area contributed by atoms with Crippen LogP contribution in [-0.4, -0.2) is 33.8 Å². The van der Waals surface area contributed by atoms with Gasteiger partial charge in [0.2, 0.25) is 5.78 Å². The number of ketones is 1. The van der Waals surface area contributed by atoms with E-state index in [0.29, 0.717) is 29.0 Å². The highest BCUT2D eigenvalue weighted by Crippen LogP contribution is 2.40. The highest BCUT2D eigenvalue weighted by Gasteiger charge is 2.32. The van der Waals surface area contributed by atoms with Crippen molar-refractivity contribution < 1.29 is 19.6 Å². The van der Waals surface area contributed by atoms with Crippen molar-refractivity contribution in [3.63, 3.8) is 0 Å². The maximum Gasteiger partial charge on any atom is 0.269 e. The van der Waals surface area contributed by atoms with Gasteiger partial charge in [-0.2, -0.15) is 0 Å². The average Bonchev–Trinajstić information content (AvgIpc) is 3.27. The summed E-state index contributed by atoms with van der Waals surface area (Å²) in [5.41, 5.74) is 1.66. The Kier molecular flexibility index (Phi) is 4.37. The second-order valence-corrected chi connectivity index (χ2v) is 6.71. The first kappa shape index (κ1) is 17.2. The maximum atomic E-state index is 12.7. The molecule has 7 heteroatoms. The second kappa shape index (κ2) is 6.85. The van der Waals surface area contributed by atoms with E-state index in [1.165, 1.54) is 18.2 Å². The van der Waals surface area contributed by atoms with Crippen LogP contribution in [0.4, 0.5) is 5.69 Å². The Balaban J connectivity index is 1.64. The SMILES string of the molecule is O=C1/C(=C\c2ccc([N+](=O)[O-])cc2)Oc2c1ccc(O)c2CN1CCCC1. The van der Waals surface area contributed by atoms with Crippen LogP contribution in [0.15, 0.2) is 42.2 Å². The smallest absolute Gasteiger partial charge is 0.269 e. The van der Waals surface area contributed by atoms with Crippen molar-refractivity contribution >= 4 is 17.5 Å². The lowest BCUT2D eigenvalue weighted by molar-refractivity contribution is -0.384. The molecule has 138 valence electrons. The number of rotatable bonds is 4. The number of phenolic OH excluding ortho intramolecular Hbond substituents is 1. The molecule has 2 aromatic rings. The molecule has 4 rings (SSSR count). The van der Waals surface area contributed by atoms with Gasteiger partial charge in [0.05, 0.1) is 16.1 Å². The lowest BCUT2D eigenvalue weighted by Gasteiger charge is -2.17. The van der Waals surface area contributed by atoms with Crippen molar-refractivity contribution in [1.82, 2.24) is 4.90 Å². The highest BCUT2D eigenvalue weighted by molar-refractivity contribution is 6.15. The van der Waals surface area contributed by atoms with E-state index < -0.39 is 4.92 Å². The molecule has 0 aliphatic carbocycles. The molecule has 0 aromatic heterocycles. The predicted octanol–water partition coefficient (Wildman–Crippen LogP) is 3.51. The van der Waals surface area contributed by atoms with Crippen molar-refractivity contribution in [3.05, 3.63) is 69.0 Å². The molecule has 2 aromatic carbocycles. The number of ether oxygens (including phenoxy) is 1. The van der Waals surface area contributed by atoms with Gasteiger partial charge in [0.1, 0.15) is 11.5 Å². The van der Waals surface area contributed by atoms with E-state index >= 15 is 0 Å². The van der Waals surface area contributed by atoms with Gasteiger partial charge in [-0.15, -0.1) is 0 Å². The molecule has 0 unspecified atom stereocenters. The molecular formula is C20H18N2O5. The minimum absolute atomic E-state index is 0.0167. The number of non-ortho nitro benzene ring substituents is 1. The lowest BCUT2D eigenvalue weighted by atomic mass is 10.0. The molecule has 2 aliphatic rings. The number of Topliss-reactive ketones (excluding diaryl/α,β-unsaturated/α-hetero) is 1. The third kappa shape index (κ3) is 3.29. The fraction of sp³-hybridized carbons (Fsp3) is 0.250. The number of nitrogens with zero attached hydrogens (tertiary/aromatic N) is 2. The van der Waals surface area contributed by atoms with E-state index in [4.69, 9.17) is 4.74 Å². The summed E-state index contributed by atoms with van der Waals surface area (Å²) < 4.78 is 5.81. The zero-order valence-corrected chi connectivity index (χ0v) is 14.6. The zero-order valence-electron chi connectivity index (χ0n) is 14.6. The Bertz CT molecular complexity index is 944. The molecule has 0 spiro atoms. The van der Waals surface area contributed by atoms with Crippen LogP contribution in [0.5, 0.6) is 11.5 Å². The van der Waals surface area contributed by atoms with E-state index in [0.717, 1.165) is 25.9 Å². The van der Waals surface area contributed by atoms with Crippen LogP contribution in [0.2, 0.25) is 0 Å². The van der Waals surface area contributed by atoms with Crippen LogP contribution in [0.1, 0.15) is 34.3 Å². The standard InChI is InChI=1S/C20H18N2O5/c23-17-8-7-15-19(24)18(11-13-3-5-14(6-4-13)22(25)26)27-20(15)16(17)12-21-9-1-2-10-21/h3-8,11,23H,1-2,9-10,12H2/b18-11+. The van der Waals surface area contributed by atoms with Gasteiger partial charge in [0.15, 0.2) is 5.76 Å². The first-order chi connectivity index (χ1) is 13.0. The van der Waals surface area contributed by atoms with Gasteiger partial charge < -0.3 is 9.84 Å². The summed E-state index contributed by atoms with van der Waals surface area (Å²) in [5.74, 6) is 0.406. The first-order valence-electron chi connectivity index (χ1n) is 8.79. The minimum Gasteiger partial charge on any atom is -0.507 e. The Labute approximate surface area is 155 Å². The van der Waals surface area contributed by atoms with E-state index in [1.807, 2.05) is 0 Å². The molecule has 0 amide bonds. The van der Waals surface area contributed by atoms with E-state index in [1.54, 1.807) is 24.3 Å². The number of aromatic hydroxyl groups is 1. The number of benzene rings is 2. The van der Waals surface area contributed by atoms with Crippen molar-refractivity contribution in [2.75, 3.05) is 13.1 Å². The molecule has 0 bridgehead atoms. The quantitative estimate of drug-likeness (QED) is 0.506. The van der Waals surface area contributed by atoms with E-state index in [-0.39, 0.29) is 23.0 Å². The van der Waals surface area contributed by atoms with E-state index in [9.17, 15) is 20.0 Å². The van der Waals surface area contributed by atoms with Crippen LogP contribution in [0, 0.1) is 10.1 Å². The topological polar surface area (TPSA) is 92.9 Å². The van der Waals surface area contributed by atoms with Gasteiger partial charge in [-0.3, -0.25) is 19.8 Å². The van der Waals surface area contributed by atoms with Crippen molar-refractivity contribution in [3.8, 4) is 11.5 Å². The average molecular weight is 366 g/mol. The molecule has 1 fully saturated rings. The molecule has 1 saturated heterocycles. The normalized spacial score (nSPS) is 17.9. The number of nitro benzene ring substituents is 1. The summed E-state index contributed by atoms with van der Waals surface area (Å²) in [6.07, 6.45) is 3.81. The van der Waals surface area contributed by atoms with E-state index in [2.05, 4.69) is 4.90 Å². The Hall–Kier alpha value is -3.19. The zero-order chi connectivity index (χ0) is 19.0. The third-order valence-corrected chi connectivity index (χ3v) is 4.90. The van der Waals surface area contributed by atoms with Crippen LogP contribution in [0.25, 0.3) is 6.08 Å². The number of allylic oxidation sites excluding steroid dienone is 1. The van der Waals surface area contributed by atoms with Gasteiger partial charge in [-0.1, -0.05) is 0 Å². The number of fused-ring (bicyclic) bond motifs is 1. The number of phenols is 1. The summed E-state index contributed by atoms with van der Waals surface area (Å²) in [4.78, 5) is 25.2. The fourth-order valence-corrected chi connectivity index (χ4v) is 3.46. The van der Waals surface area contributed by atoms with Crippen LogP contribution < -0.4 is 4.74 Å². The van der Waals surface area contributed by atoms with Gasteiger partial charge in [-0.25, -0.2) is 0 Å². The summed E-state index contributed by atoms with van der Waals surface area (Å²) in [5, 5.41) is 21.0. The Morgan fingerprint density at radius 1 is 1.15 bits per heavy atom. The van der Waals surface area contributed by atoms with Crippen LogP contribution in [-0.2, 0) is 6.54 Å².